The average molecular weight is 330 g/mol. The highest BCUT2D eigenvalue weighted by Gasteiger charge is 2.15. The molecule has 1 atom stereocenters. The van der Waals surface area contributed by atoms with Crippen LogP contribution < -0.4 is 5.56 Å². The van der Waals surface area contributed by atoms with Crippen LogP contribution in [0.2, 0.25) is 5.02 Å². The first-order valence-electron chi connectivity index (χ1n) is 7.88. The van der Waals surface area contributed by atoms with Crippen molar-refractivity contribution in [3.63, 3.8) is 0 Å². The van der Waals surface area contributed by atoms with E-state index in [0.29, 0.717) is 16.8 Å². The van der Waals surface area contributed by atoms with Crippen molar-refractivity contribution in [2.75, 3.05) is 0 Å². The van der Waals surface area contributed by atoms with Gasteiger partial charge in [0.15, 0.2) is 0 Å². The lowest BCUT2D eigenvalue weighted by atomic mass is 10.2. The molecule has 0 spiro atoms. The van der Waals surface area contributed by atoms with E-state index in [1.165, 1.54) is 0 Å². The molecule has 3 aromatic rings. The number of aromatic nitrogens is 3. The minimum Gasteiger partial charge on any atom is -0.313 e. The lowest BCUT2D eigenvalue weighted by molar-refractivity contribution is 0.492. The summed E-state index contributed by atoms with van der Waals surface area (Å²) in [5.74, 6) is 0.695. The summed E-state index contributed by atoms with van der Waals surface area (Å²) in [6.07, 6.45) is 3.93. The van der Waals surface area contributed by atoms with E-state index in [9.17, 15) is 4.79 Å². The molecule has 5 heteroatoms. The van der Waals surface area contributed by atoms with Crippen LogP contribution in [0.1, 0.15) is 38.4 Å². The summed E-state index contributed by atoms with van der Waals surface area (Å²) in [5, 5.41) is 0.685. The number of nitrogens with zero attached hydrogens (tertiary/aromatic N) is 3. The Labute approximate surface area is 140 Å². The van der Waals surface area contributed by atoms with Gasteiger partial charge in [-0.1, -0.05) is 37.1 Å². The molecule has 0 fully saturated rings. The monoisotopic (exact) mass is 329 g/mol. The van der Waals surface area contributed by atoms with Gasteiger partial charge in [-0.3, -0.25) is 9.20 Å². The maximum atomic E-state index is 12.3. The molecule has 0 saturated heterocycles. The molecule has 0 radical (unpaired) electrons. The molecular weight excluding hydrogens is 310 g/mol. The van der Waals surface area contributed by atoms with Gasteiger partial charge in [-0.25, -0.2) is 4.98 Å². The van der Waals surface area contributed by atoms with Crippen molar-refractivity contribution in [1.82, 2.24) is 14.0 Å². The molecule has 120 valence electrons. The van der Waals surface area contributed by atoms with Gasteiger partial charge in [-0.05, 0) is 32.4 Å². The van der Waals surface area contributed by atoms with Crippen LogP contribution in [0.3, 0.4) is 0 Å². The normalized spacial score (nSPS) is 12.7. The molecule has 2 aromatic heterocycles. The lowest BCUT2D eigenvalue weighted by Gasteiger charge is -2.19. The van der Waals surface area contributed by atoms with Gasteiger partial charge < -0.3 is 4.57 Å². The Balaban J connectivity index is 2.21. The third kappa shape index (κ3) is 2.91. The molecule has 3 rings (SSSR count). The van der Waals surface area contributed by atoms with Crippen LogP contribution in [0.25, 0.3) is 17.0 Å². The van der Waals surface area contributed by atoms with Gasteiger partial charge in [-0.2, -0.15) is 0 Å². The second-order valence-corrected chi connectivity index (χ2v) is 6.37. The van der Waals surface area contributed by atoms with Crippen LogP contribution in [0.5, 0.6) is 0 Å². The van der Waals surface area contributed by atoms with Crippen molar-refractivity contribution in [2.45, 2.75) is 39.7 Å². The predicted molar refractivity (Wildman–Crippen MR) is 94.3 cm³/mol. The van der Waals surface area contributed by atoms with E-state index in [2.05, 4.69) is 18.4 Å². The molecule has 0 saturated carbocycles. The number of hydrogen-bond donors (Lipinski definition) is 0. The largest absolute Gasteiger partial charge is 0.313 e. The van der Waals surface area contributed by atoms with E-state index in [1.54, 1.807) is 16.7 Å². The molecule has 23 heavy (non-hydrogen) atoms. The maximum absolute atomic E-state index is 12.3. The number of imidazole rings is 1. The summed E-state index contributed by atoms with van der Waals surface area (Å²) in [6, 6.07) is 9.47. The van der Waals surface area contributed by atoms with Crippen LogP contribution >= 0.6 is 11.6 Å². The average Bonchev–Trinajstić information content (AvgIpc) is 2.93. The number of rotatable bonds is 4. The first-order chi connectivity index (χ1) is 11.0. The van der Waals surface area contributed by atoms with Gasteiger partial charge in [0.1, 0.15) is 0 Å². The molecule has 4 nitrogen and oxygen atoms in total. The zero-order valence-electron chi connectivity index (χ0n) is 13.6. The van der Waals surface area contributed by atoms with Gasteiger partial charge >= 0.3 is 0 Å². The number of hydrogen-bond acceptors (Lipinski definition) is 2. The van der Waals surface area contributed by atoms with Crippen LogP contribution in [-0.2, 0) is 0 Å². The van der Waals surface area contributed by atoms with E-state index in [-0.39, 0.29) is 5.56 Å². The Hall–Kier alpha value is -2.07. The van der Waals surface area contributed by atoms with E-state index in [0.717, 1.165) is 29.8 Å². The maximum Gasteiger partial charge on any atom is 0.259 e. The van der Waals surface area contributed by atoms with Crippen LogP contribution in [-0.4, -0.2) is 14.0 Å². The second-order valence-electron chi connectivity index (χ2n) is 5.93. The molecule has 0 aliphatic heterocycles. The highest BCUT2D eigenvalue weighted by Crippen LogP contribution is 2.23. The minimum atomic E-state index is -0.0508. The summed E-state index contributed by atoms with van der Waals surface area (Å²) in [6.45, 7) is 6.29. The number of halogens is 1. The zero-order chi connectivity index (χ0) is 16.6. The Bertz CT molecular complexity index is 893. The van der Waals surface area contributed by atoms with E-state index < -0.39 is 0 Å². The Morgan fingerprint density at radius 3 is 2.61 bits per heavy atom. The third-order valence-corrected chi connectivity index (χ3v) is 4.39. The number of aryl methyl sites for hydroxylation is 1. The van der Waals surface area contributed by atoms with Gasteiger partial charge in [0.05, 0.1) is 5.69 Å². The number of benzene rings is 1. The quantitative estimate of drug-likeness (QED) is 0.707. The van der Waals surface area contributed by atoms with Crippen molar-refractivity contribution in [3.8, 4) is 11.3 Å². The zero-order valence-corrected chi connectivity index (χ0v) is 14.3. The van der Waals surface area contributed by atoms with Gasteiger partial charge in [0, 0.05) is 34.6 Å². The molecule has 1 unspecified atom stereocenters. The summed E-state index contributed by atoms with van der Waals surface area (Å²) in [5.41, 5.74) is 2.62. The second kappa shape index (κ2) is 6.20. The molecular formula is C18H20ClN3O. The van der Waals surface area contributed by atoms with Crippen LogP contribution in [0.4, 0.5) is 0 Å². The Morgan fingerprint density at radius 1 is 1.26 bits per heavy atom. The van der Waals surface area contributed by atoms with Crippen LogP contribution in [0, 0.1) is 6.92 Å². The van der Waals surface area contributed by atoms with Crippen molar-refractivity contribution < 1.29 is 0 Å². The molecule has 2 heterocycles. The summed E-state index contributed by atoms with van der Waals surface area (Å²) in [4.78, 5) is 17.0. The molecule has 0 bridgehead atoms. The molecule has 0 N–H and O–H groups in total. The van der Waals surface area contributed by atoms with Crippen LogP contribution in [0.15, 0.2) is 41.3 Å². The van der Waals surface area contributed by atoms with Crippen molar-refractivity contribution in [2.24, 2.45) is 0 Å². The topological polar surface area (TPSA) is 39.3 Å². The molecule has 1 aromatic carbocycles. The van der Waals surface area contributed by atoms with E-state index >= 15 is 0 Å². The van der Waals surface area contributed by atoms with Gasteiger partial charge in [-0.15, -0.1) is 0 Å². The van der Waals surface area contributed by atoms with Crippen molar-refractivity contribution in [3.05, 3.63) is 57.6 Å². The van der Waals surface area contributed by atoms with Gasteiger partial charge in [0.2, 0.25) is 5.78 Å². The Morgan fingerprint density at radius 2 is 1.96 bits per heavy atom. The standard InChI is InChI=1S/C18H20ClN3O/c1-4-5-12(2)22-13(3)10-17(23)21-11-16(20-18(21)22)14-6-8-15(19)9-7-14/h6-12H,4-5H2,1-3H3. The minimum absolute atomic E-state index is 0.0508. The lowest BCUT2D eigenvalue weighted by Crippen LogP contribution is -2.20. The number of fused-ring (bicyclic) bond motifs is 1. The fraction of sp³-hybridized carbons (Fsp3) is 0.333. The summed E-state index contributed by atoms with van der Waals surface area (Å²) < 4.78 is 3.77. The molecule has 0 aliphatic rings. The highest BCUT2D eigenvalue weighted by atomic mass is 35.5. The first kappa shape index (κ1) is 15.8. The van der Waals surface area contributed by atoms with Gasteiger partial charge in [0.25, 0.3) is 5.56 Å². The summed E-state index contributed by atoms with van der Waals surface area (Å²) in [7, 11) is 0. The third-order valence-electron chi connectivity index (χ3n) is 4.14. The highest BCUT2D eigenvalue weighted by molar-refractivity contribution is 6.30. The molecule has 0 aliphatic carbocycles. The molecule has 0 amide bonds. The predicted octanol–water partition coefficient (Wildman–Crippen LogP) is 4.49. The van der Waals surface area contributed by atoms with E-state index in [4.69, 9.17) is 16.6 Å². The fourth-order valence-corrected chi connectivity index (χ4v) is 3.16. The van der Waals surface area contributed by atoms with Crippen molar-refractivity contribution in [1.29, 1.82) is 0 Å². The SMILES string of the molecule is CCCC(C)n1c(C)cc(=O)n2cc(-c3ccc(Cl)cc3)nc12. The Kier molecular flexibility index (Phi) is 4.26. The van der Waals surface area contributed by atoms with E-state index in [1.807, 2.05) is 31.2 Å². The summed E-state index contributed by atoms with van der Waals surface area (Å²) >= 11 is 5.95. The fourth-order valence-electron chi connectivity index (χ4n) is 3.03. The van der Waals surface area contributed by atoms with Crippen molar-refractivity contribution >= 4 is 17.4 Å². The first-order valence-corrected chi connectivity index (χ1v) is 8.26. The smallest absolute Gasteiger partial charge is 0.259 e.